The van der Waals surface area contributed by atoms with Gasteiger partial charge in [-0.05, 0) is 36.8 Å². The van der Waals surface area contributed by atoms with Crippen LogP contribution in [0, 0.1) is 0 Å². The number of carbonyl (C=O) groups is 2. The molecule has 5 rings (SSSR count). The maximum absolute atomic E-state index is 13.4. The second-order valence-corrected chi connectivity index (χ2v) is 8.33. The van der Waals surface area contributed by atoms with Crippen LogP contribution in [0.2, 0.25) is 0 Å². The number of carbonyl (C=O) groups excluding carboxylic acids is 2. The summed E-state index contributed by atoms with van der Waals surface area (Å²) in [5, 5.41) is 5.95. The van der Waals surface area contributed by atoms with Gasteiger partial charge >= 0.3 is 0 Å². The smallest absolute Gasteiger partial charge is 0.261 e. The minimum atomic E-state index is -0.656. The molecule has 3 aromatic carbocycles. The third-order valence-electron chi connectivity index (χ3n) is 6.04. The zero-order valence-corrected chi connectivity index (χ0v) is 18.4. The van der Waals surface area contributed by atoms with Crippen LogP contribution in [0.15, 0.2) is 63.9 Å². The van der Waals surface area contributed by atoms with Crippen molar-refractivity contribution in [2.24, 2.45) is 5.73 Å². The molecule has 172 valence electrons. The number of nitrogens with two attached hydrogens (primary N) is 1. The summed E-state index contributed by atoms with van der Waals surface area (Å²) in [6.07, 6.45) is 2.82. The van der Waals surface area contributed by atoms with Gasteiger partial charge in [0.15, 0.2) is 0 Å². The number of ether oxygens (including phenoxy) is 1. The number of nitrogens with one attached hydrogen (secondary N) is 2. The fourth-order valence-corrected chi connectivity index (χ4v) is 4.33. The van der Waals surface area contributed by atoms with E-state index in [1.54, 1.807) is 42.5 Å². The molecule has 9 heteroatoms. The maximum atomic E-state index is 13.4. The Balaban J connectivity index is 1.42. The SMILES string of the molecule is CC1CC=C(CNc2c(Nc3cccc4c3C(=O)N(c3ccccc3C(N)=O)C4)c(=O)c2=O)O1. The summed E-state index contributed by atoms with van der Waals surface area (Å²) in [5.41, 5.74) is 6.64. The van der Waals surface area contributed by atoms with Crippen LogP contribution in [0.4, 0.5) is 22.7 Å². The summed E-state index contributed by atoms with van der Waals surface area (Å²) >= 11 is 0. The Morgan fingerprint density at radius 1 is 1.09 bits per heavy atom. The monoisotopic (exact) mass is 458 g/mol. The highest BCUT2D eigenvalue weighted by atomic mass is 16.5. The second kappa shape index (κ2) is 8.18. The van der Waals surface area contributed by atoms with Gasteiger partial charge in [-0.3, -0.25) is 19.2 Å². The third-order valence-corrected chi connectivity index (χ3v) is 6.04. The lowest BCUT2D eigenvalue weighted by atomic mass is 10.1. The van der Waals surface area contributed by atoms with Crippen LogP contribution in [-0.2, 0) is 11.3 Å². The standard InChI is InChI=1S/C25H22N4O5/c1-13-9-10-15(34-13)11-27-20-21(23(31)22(20)30)28-17-7-4-5-14-12-29(25(33)19(14)17)18-8-3-2-6-16(18)24(26)32/h2-8,10,13,27-28H,9,11-12H2,1H3,(H2,26,32). The zero-order chi connectivity index (χ0) is 24.0. The first-order valence-electron chi connectivity index (χ1n) is 10.9. The fraction of sp³-hybridized carbons (Fsp3) is 0.200. The average Bonchev–Trinajstić information content (AvgIpc) is 3.41. The molecule has 2 heterocycles. The van der Waals surface area contributed by atoms with Gasteiger partial charge in [0, 0.05) is 6.42 Å². The average molecular weight is 458 g/mol. The molecule has 2 aliphatic rings. The Morgan fingerprint density at radius 3 is 2.59 bits per heavy atom. The van der Waals surface area contributed by atoms with E-state index in [1.807, 2.05) is 13.0 Å². The molecule has 1 atom stereocenters. The van der Waals surface area contributed by atoms with Crippen LogP contribution in [0.5, 0.6) is 0 Å². The Bertz CT molecular complexity index is 1430. The van der Waals surface area contributed by atoms with Gasteiger partial charge in [-0.25, -0.2) is 0 Å². The van der Waals surface area contributed by atoms with Crippen LogP contribution in [0.3, 0.4) is 0 Å². The molecule has 0 aliphatic carbocycles. The van der Waals surface area contributed by atoms with Gasteiger partial charge in [-0.15, -0.1) is 0 Å². The van der Waals surface area contributed by atoms with Crippen LogP contribution in [0.1, 0.15) is 39.6 Å². The molecule has 0 radical (unpaired) electrons. The molecule has 0 saturated carbocycles. The molecule has 3 aromatic rings. The van der Waals surface area contributed by atoms with E-state index in [4.69, 9.17) is 10.5 Å². The minimum absolute atomic E-state index is 0.0858. The van der Waals surface area contributed by atoms with Gasteiger partial charge < -0.3 is 26.0 Å². The lowest BCUT2D eigenvalue weighted by Crippen LogP contribution is -2.37. The molecule has 2 amide bonds. The first kappa shape index (κ1) is 21.4. The van der Waals surface area contributed by atoms with Gasteiger partial charge in [0.25, 0.3) is 22.7 Å². The summed E-state index contributed by atoms with van der Waals surface area (Å²) in [6, 6.07) is 11.9. The van der Waals surface area contributed by atoms with E-state index < -0.39 is 16.8 Å². The molecule has 2 aliphatic heterocycles. The summed E-state index contributed by atoms with van der Waals surface area (Å²) in [6.45, 7) is 2.48. The lowest BCUT2D eigenvalue weighted by molar-refractivity contribution is 0.0996. The number of hydrogen-bond donors (Lipinski definition) is 3. The molecule has 0 bridgehead atoms. The van der Waals surface area contributed by atoms with Crippen molar-refractivity contribution in [3.8, 4) is 0 Å². The second-order valence-electron chi connectivity index (χ2n) is 8.33. The number of nitrogens with zero attached hydrogens (tertiary/aromatic N) is 1. The summed E-state index contributed by atoms with van der Waals surface area (Å²) < 4.78 is 5.63. The fourth-order valence-electron chi connectivity index (χ4n) is 4.33. The zero-order valence-electron chi connectivity index (χ0n) is 18.4. The van der Waals surface area contributed by atoms with E-state index in [9.17, 15) is 19.2 Å². The van der Waals surface area contributed by atoms with Crippen molar-refractivity contribution in [2.75, 3.05) is 22.1 Å². The minimum Gasteiger partial charge on any atom is -0.493 e. The highest BCUT2D eigenvalue weighted by molar-refractivity contribution is 6.16. The summed E-state index contributed by atoms with van der Waals surface area (Å²) in [7, 11) is 0. The van der Waals surface area contributed by atoms with Crippen molar-refractivity contribution in [1.82, 2.24) is 0 Å². The maximum Gasteiger partial charge on any atom is 0.261 e. The van der Waals surface area contributed by atoms with E-state index in [0.29, 0.717) is 22.7 Å². The van der Waals surface area contributed by atoms with Crippen molar-refractivity contribution in [3.05, 3.63) is 91.4 Å². The number of fused-ring (bicyclic) bond motifs is 1. The van der Waals surface area contributed by atoms with Crippen LogP contribution in [0.25, 0.3) is 0 Å². The van der Waals surface area contributed by atoms with E-state index >= 15 is 0 Å². The van der Waals surface area contributed by atoms with Crippen LogP contribution in [-0.4, -0.2) is 24.5 Å². The number of amides is 2. The van der Waals surface area contributed by atoms with Gasteiger partial charge in [-0.2, -0.15) is 0 Å². The third kappa shape index (κ3) is 3.51. The number of para-hydroxylation sites is 1. The van der Waals surface area contributed by atoms with Gasteiger partial charge in [-0.1, -0.05) is 24.3 Å². The first-order valence-corrected chi connectivity index (χ1v) is 10.9. The number of benzene rings is 2. The Hall–Kier alpha value is -4.40. The number of primary amides is 1. The largest absolute Gasteiger partial charge is 0.493 e. The highest BCUT2D eigenvalue weighted by Crippen LogP contribution is 2.36. The molecule has 0 fully saturated rings. The van der Waals surface area contributed by atoms with Crippen molar-refractivity contribution < 1.29 is 14.3 Å². The quantitative estimate of drug-likeness (QED) is 0.463. The van der Waals surface area contributed by atoms with Gasteiger partial charge in [0.1, 0.15) is 17.1 Å². The van der Waals surface area contributed by atoms with Crippen molar-refractivity contribution in [2.45, 2.75) is 26.0 Å². The van der Waals surface area contributed by atoms with E-state index in [1.165, 1.54) is 4.90 Å². The summed E-state index contributed by atoms with van der Waals surface area (Å²) in [4.78, 5) is 51.2. The van der Waals surface area contributed by atoms with Crippen LogP contribution < -0.4 is 32.1 Å². The normalized spacial score (nSPS) is 16.9. The number of anilines is 4. The predicted molar refractivity (Wildman–Crippen MR) is 128 cm³/mol. The number of hydrogen-bond acceptors (Lipinski definition) is 7. The topological polar surface area (TPSA) is 131 Å². The van der Waals surface area contributed by atoms with Crippen molar-refractivity contribution in [3.63, 3.8) is 0 Å². The Labute approximate surface area is 194 Å². The van der Waals surface area contributed by atoms with Crippen LogP contribution >= 0.6 is 0 Å². The molecular weight excluding hydrogens is 436 g/mol. The van der Waals surface area contributed by atoms with Crippen molar-refractivity contribution >= 4 is 34.6 Å². The van der Waals surface area contributed by atoms with E-state index in [-0.39, 0.29) is 42.0 Å². The Kier molecular flexibility index (Phi) is 5.16. The highest BCUT2D eigenvalue weighted by Gasteiger charge is 2.33. The Morgan fingerprint density at radius 2 is 1.85 bits per heavy atom. The molecule has 4 N–H and O–H groups in total. The lowest BCUT2D eigenvalue weighted by Gasteiger charge is -2.19. The van der Waals surface area contributed by atoms with E-state index in [2.05, 4.69) is 10.6 Å². The van der Waals surface area contributed by atoms with E-state index in [0.717, 1.165) is 12.0 Å². The molecule has 9 nitrogen and oxygen atoms in total. The first-order chi connectivity index (χ1) is 16.3. The molecular formula is C25H22N4O5. The van der Waals surface area contributed by atoms with Gasteiger partial charge in [0.2, 0.25) is 0 Å². The summed E-state index contributed by atoms with van der Waals surface area (Å²) in [5.74, 6) is -0.252. The molecule has 0 aromatic heterocycles. The predicted octanol–water partition coefficient (Wildman–Crippen LogP) is 2.39. The molecule has 0 saturated heterocycles. The number of rotatable bonds is 7. The van der Waals surface area contributed by atoms with Crippen molar-refractivity contribution in [1.29, 1.82) is 0 Å². The molecule has 34 heavy (non-hydrogen) atoms. The molecule has 1 unspecified atom stereocenters. The molecule has 0 spiro atoms. The van der Waals surface area contributed by atoms with Gasteiger partial charge in [0.05, 0.1) is 41.7 Å².